The Morgan fingerprint density at radius 3 is 2.60 bits per heavy atom. The van der Waals surface area contributed by atoms with Crippen LogP contribution in [0.1, 0.15) is 31.1 Å². The lowest BCUT2D eigenvalue weighted by Crippen LogP contribution is -2.43. The number of nitrogens with zero attached hydrogens (tertiary/aromatic N) is 4. The number of aromatic nitrogens is 3. The van der Waals surface area contributed by atoms with E-state index in [0.29, 0.717) is 26.1 Å². The largest absolute Gasteiger partial charge is 0.383 e. The fourth-order valence-corrected chi connectivity index (χ4v) is 3.16. The highest BCUT2D eigenvalue weighted by atomic mass is 16.3. The summed E-state index contributed by atoms with van der Waals surface area (Å²) in [4.78, 5) is 14.1. The number of hydrogen-bond acceptors (Lipinski definition) is 4. The van der Waals surface area contributed by atoms with Gasteiger partial charge in [0.15, 0.2) is 0 Å². The predicted octanol–water partition coefficient (Wildman–Crippen LogP) is 1.46. The zero-order chi connectivity index (χ0) is 17.8. The Labute approximate surface area is 148 Å². The van der Waals surface area contributed by atoms with Gasteiger partial charge >= 0.3 is 0 Å². The average Bonchev–Trinajstić information content (AvgIpc) is 2.89. The van der Waals surface area contributed by atoms with Crippen molar-refractivity contribution in [2.24, 2.45) is 5.92 Å². The first-order valence-electron chi connectivity index (χ1n) is 8.98. The van der Waals surface area contributed by atoms with Gasteiger partial charge in [-0.2, -0.15) is 0 Å². The standard InChI is InChI=1S/C19H26N4O2/c1-14(2)18(24)19(25)22-11-10-17-21-20-16(23(17)13-12-22)9-8-15-6-4-3-5-7-15/h3-7,14,18,24H,8-13H2,1-2H3. The molecule has 1 aliphatic rings. The van der Waals surface area contributed by atoms with E-state index in [1.807, 2.05) is 32.0 Å². The van der Waals surface area contributed by atoms with E-state index in [4.69, 9.17) is 0 Å². The summed E-state index contributed by atoms with van der Waals surface area (Å²) >= 11 is 0. The second-order valence-electron chi connectivity index (χ2n) is 6.93. The van der Waals surface area contributed by atoms with E-state index in [0.717, 1.165) is 24.5 Å². The minimum Gasteiger partial charge on any atom is -0.383 e. The Kier molecular flexibility index (Phi) is 5.48. The lowest BCUT2D eigenvalue weighted by atomic mass is 10.1. The van der Waals surface area contributed by atoms with Gasteiger partial charge in [0.05, 0.1) is 0 Å². The monoisotopic (exact) mass is 342 g/mol. The molecule has 0 bridgehead atoms. The maximum Gasteiger partial charge on any atom is 0.251 e. The molecule has 1 amide bonds. The molecule has 1 aromatic heterocycles. The summed E-state index contributed by atoms with van der Waals surface area (Å²) in [5.74, 6) is 1.64. The Hall–Kier alpha value is -2.21. The van der Waals surface area contributed by atoms with Gasteiger partial charge in [-0.15, -0.1) is 10.2 Å². The molecule has 0 saturated carbocycles. The van der Waals surface area contributed by atoms with Crippen LogP contribution in [-0.2, 0) is 30.6 Å². The zero-order valence-electron chi connectivity index (χ0n) is 14.9. The van der Waals surface area contributed by atoms with Crippen molar-refractivity contribution in [3.8, 4) is 0 Å². The highest BCUT2D eigenvalue weighted by molar-refractivity contribution is 5.80. The third-order valence-corrected chi connectivity index (χ3v) is 4.78. The first-order chi connectivity index (χ1) is 12.1. The van der Waals surface area contributed by atoms with Crippen LogP contribution in [0.5, 0.6) is 0 Å². The molecule has 0 radical (unpaired) electrons. The Morgan fingerprint density at radius 2 is 1.88 bits per heavy atom. The maximum absolute atomic E-state index is 12.4. The summed E-state index contributed by atoms with van der Waals surface area (Å²) in [5.41, 5.74) is 1.28. The minimum absolute atomic E-state index is 0.0732. The number of carbonyl (C=O) groups excluding carboxylic acids is 1. The number of rotatable bonds is 5. The quantitative estimate of drug-likeness (QED) is 0.893. The number of fused-ring (bicyclic) bond motifs is 1. The van der Waals surface area contributed by atoms with Gasteiger partial charge in [-0.05, 0) is 17.9 Å². The minimum atomic E-state index is -0.930. The van der Waals surface area contributed by atoms with Crippen molar-refractivity contribution in [3.05, 3.63) is 47.5 Å². The van der Waals surface area contributed by atoms with E-state index in [1.165, 1.54) is 5.56 Å². The van der Waals surface area contributed by atoms with E-state index < -0.39 is 6.10 Å². The third kappa shape index (κ3) is 4.07. The van der Waals surface area contributed by atoms with Crippen LogP contribution in [-0.4, -0.2) is 49.9 Å². The normalized spacial score (nSPS) is 15.8. The van der Waals surface area contributed by atoms with Crippen molar-refractivity contribution in [3.63, 3.8) is 0 Å². The Balaban J connectivity index is 1.65. The van der Waals surface area contributed by atoms with Crippen LogP contribution < -0.4 is 0 Å². The first-order valence-corrected chi connectivity index (χ1v) is 8.98. The van der Waals surface area contributed by atoms with E-state index in [-0.39, 0.29) is 11.8 Å². The molecule has 1 atom stereocenters. The molecule has 1 unspecified atom stereocenters. The number of hydrogen-bond donors (Lipinski definition) is 1. The molecule has 1 aliphatic heterocycles. The molecule has 0 saturated heterocycles. The van der Waals surface area contributed by atoms with Crippen LogP contribution >= 0.6 is 0 Å². The molecule has 0 aliphatic carbocycles. The van der Waals surface area contributed by atoms with Crippen molar-refractivity contribution < 1.29 is 9.90 Å². The highest BCUT2D eigenvalue weighted by Gasteiger charge is 2.27. The molecule has 6 heteroatoms. The topological polar surface area (TPSA) is 71.2 Å². The molecule has 0 fully saturated rings. The van der Waals surface area contributed by atoms with Gasteiger partial charge in [-0.1, -0.05) is 44.2 Å². The van der Waals surface area contributed by atoms with Crippen molar-refractivity contribution >= 4 is 5.91 Å². The van der Waals surface area contributed by atoms with Crippen LogP contribution in [0.4, 0.5) is 0 Å². The molecule has 3 rings (SSSR count). The number of aliphatic hydroxyl groups is 1. The maximum atomic E-state index is 12.4. The summed E-state index contributed by atoms with van der Waals surface area (Å²) < 4.78 is 2.14. The number of aryl methyl sites for hydroxylation is 2. The molecule has 2 heterocycles. The second-order valence-corrected chi connectivity index (χ2v) is 6.93. The third-order valence-electron chi connectivity index (χ3n) is 4.78. The predicted molar refractivity (Wildman–Crippen MR) is 95.0 cm³/mol. The second kappa shape index (κ2) is 7.78. The smallest absolute Gasteiger partial charge is 0.251 e. The fraction of sp³-hybridized carbons (Fsp3) is 0.526. The Bertz CT molecular complexity index is 711. The van der Waals surface area contributed by atoms with E-state index >= 15 is 0 Å². The van der Waals surface area contributed by atoms with Gasteiger partial charge in [-0.25, -0.2) is 0 Å². The lowest BCUT2D eigenvalue weighted by molar-refractivity contribution is -0.142. The van der Waals surface area contributed by atoms with Crippen molar-refractivity contribution in [1.29, 1.82) is 0 Å². The van der Waals surface area contributed by atoms with Crippen LogP contribution in [0, 0.1) is 5.92 Å². The molecule has 25 heavy (non-hydrogen) atoms. The van der Waals surface area contributed by atoms with Gasteiger partial charge in [-0.3, -0.25) is 4.79 Å². The van der Waals surface area contributed by atoms with E-state index in [1.54, 1.807) is 4.90 Å². The SMILES string of the molecule is CC(C)C(O)C(=O)N1CCc2nnc(CCc3ccccc3)n2CC1. The van der Waals surface area contributed by atoms with Crippen molar-refractivity contribution in [2.45, 2.75) is 45.8 Å². The van der Waals surface area contributed by atoms with Gasteiger partial charge in [0.25, 0.3) is 5.91 Å². The Morgan fingerprint density at radius 1 is 1.12 bits per heavy atom. The number of amides is 1. The molecule has 1 N–H and O–H groups in total. The average molecular weight is 342 g/mol. The zero-order valence-corrected chi connectivity index (χ0v) is 14.9. The number of aliphatic hydroxyl groups excluding tert-OH is 1. The molecule has 134 valence electrons. The number of benzene rings is 1. The van der Waals surface area contributed by atoms with E-state index in [2.05, 4.69) is 26.9 Å². The molecular formula is C19H26N4O2. The van der Waals surface area contributed by atoms with Gasteiger partial charge in [0.1, 0.15) is 17.8 Å². The summed E-state index contributed by atoms with van der Waals surface area (Å²) in [7, 11) is 0. The summed E-state index contributed by atoms with van der Waals surface area (Å²) in [6, 6.07) is 10.3. The number of carbonyl (C=O) groups is 1. The van der Waals surface area contributed by atoms with Gasteiger partial charge in [0, 0.05) is 32.5 Å². The highest BCUT2D eigenvalue weighted by Crippen LogP contribution is 2.14. The molecular weight excluding hydrogens is 316 g/mol. The van der Waals surface area contributed by atoms with Gasteiger partial charge in [0.2, 0.25) is 0 Å². The molecule has 1 aromatic carbocycles. The summed E-state index contributed by atoms with van der Waals surface area (Å²) in [5, 5.41) is 18.7. The summed E-state index contributed by atoms with van der Waals surface area (Å²) in [6.07, 6.45) is 1.50. The molecule has 0 spiro atoms. The fourth-order valence-electron chi connectivity index (χ4n) is 3.16. The molecule has 6 nitrogen and oxygen atoms in total. The lowest BCUT2D eigenvalue weighted by Gasteiger charge is -2.24. The van der Waals surface area contributed by atoms with E-state index in [9.17, 15) is 9.90 Å². The van der Waals surface area contributed by atoms with Crippen LogP contribution in [0.2, 0.25) is 0 Å². The van der Waals surface area contributed by atoms with Crippen molar-refractivity contribution in [1.82, 2.24) is 19.7 Å². The van der Waals surface area contributed by atoms with Gasteiger partial charge < -0.3 is 14.6 Å². The van der Waals surface area contributed by atoms with Crippen LogP contribution in [0.25, 0.3) is 0 Å². The van der Waals surface area contributed by atoms with Crippen LogP contribution in [0.15, 0.2) is 30.3 Å². The first kappa shape index (κ1) is 17.6. The molecule has 2 aromatic rings. The summed E-state index contributed by atoms with van der Waals surface area (Å²) in [6.45, 7) is 5.57. The van der Waals surface area contributed by atoms with Crippen LogP contribution in [0.3, 0.4) is 0 Å². The van der Waals surface area contributed by atoms with Crippen molar-refractivity contribution in [2.75, 3.05) is 13.1 Å².